The Kier molecular flexibility index (Phi) is 8.89. The summed E-state index contributed by atoms with van der Waals surface area (Å²) in [6, 6.07) is 6.02. The largest absolute Gasteiger partial charge is 0.342 e. The zero-order valence-electron chi connectivity index (χ0n) is 18.9. The number of hydrogen-bond acceptors (Lipinski definition) is 5. The van der Waals surface area contributed by atoms with Crippen LogP contribution in [0.4, 0.5) is 10.5 Å². The number of sulfonamides is 1. The first kappa shape index (κ1) is 24.5. The van der Waals surface area contributed by atoms with E-state index in [-0.39, 0.29) is 16.8 Å². The molecule has 2 N–H and O–H groups in total. The maximum absolute atomic E-state index is 12.7. The highest BCUT2D eigenvalue weighted by atomic mass is 32.2. The van der Waals surface area contributed by atoms with Crippen LogP contribution in [0, 0.1) is 0 Å². The smallest absolute Gasteiger partial charge is 0.321 e. The fourth-order valence-electron chi connectivity index (χ4n) is 3.95. The van der Waals surface area contributed by atoms with Gasteiger partial charge in [-0.15, -0.1) is 0 Å². The Bertz CT molecular complexity index is 878. The molecule has 0 atom stereocenters. The number of likely N-dealkylation sites (tertiary alicyclic amines) is 1. The van der Waals surface area contributed by atoms with E-state index in [1.165, 1.54) is 18.6 Å². The zero-order valence-corrected chi connectivity index (χ0v) is 19.7. The van der Waals surface area contributed by atoms with E-state index in [9.17, 15) is 18.0 Å². The summed E-state index contributed by atoms with van der Waals surface area (Å²) in [6.07, 6.45) is 5.03. The van der Waals surface area contributed by atoms with Crippen LogP contribution in [0.5, 0.6) is 0 Å². The van der Waals surface area contributed by atoms with Crippen molar-refractivity contribution in [2.75, 3.05) is 57.7 Å². The Morgan fingerprint density at radius 1 is 0.969 bits per heavy atom. The van der Waals surface area contributed by atoms with E-state index in [1.54, 1.807) is 17.0 Å². The van der Waals surface area contributed by atoms with Crippen LogP contribution in [0.2, 0.25) is 0 Å². The molecule has 1 aromatic rings. The summed E-state index contributed by atoms with van der Waals surface area (Å²) in [7, 11) is -3.60. The molecule has 1 aromatic carbocycles. The zero-order chi connectivity index (χ0) is 23.0. The number of hydrogen-bond donors (Lipinski definition) is 2. The summed E-state index contributed by atoms with van der Waals surface area (Å²) in [5, 5.41) is 2.80. The summed E-state index contributed by atoms with van der Waals surface area (Å²) in [5.41, 5.74) is 0.441. The van der Waals surface area contributed by atoms with Gasteiger partial charge in [0, 0.05) is 51.5 Å². The highest BCUT2D eigenvalue weighted by Crippen LogP contribution is 2.17. The predicted molar refractivity (Wildman–Crippen MR) is 124 cm³/mol. The number of nitrogens with one attached hydrogen (secondary N) is 2. The van der Waals surface area contributed by atoms with Crippen molar-refractivity contribution in [1.82, 2.24) is 19.4 Å². The van der Waals surface area contributed by atoms with E-state index in [2.05, 4.69) is 14.9 Å². The van der Waals surface area contributed by atoms with E-state index in [0.717, 1.165) is 38.8 Å². The van der Waals surface area contributed by atoms with Gasteiger partial charge in [0.15, 0.2) is 0 Å². The number of urea groups is 1. The number of amides is 3. The van der Waals surface area contributed by atoms with Gasteiger partial charge in [-0.1, -0.05) is 19.4 Å². The average Bonchev–Trinajstić information content (AvgIpc) is 2.80. The van der Waals surface area contributed by atoms with Crippen LogP contribution < -0.4 is 10.0 Å². The highest BCUT2D eigenvalue weighted by Gasteiger charge is 2.25. The van der Waals surface area contributed by atoms with Gasteiger partial charge < -0.3 is 15.1 Å². The molecular weight excluding hydrogens is 430 g/mol. The van der Waals surface area contributed by atoms with E-state index < -0.39 is 10.0 Å². The number of piperazine rings is 1. The summed E-state index contributed by atoms with van der Waals surface area (Å²) in [6.45, 7) is 6.82. The SMILES string of the molecule is CCCCNS(=O)(=O)c1cccc(NC(=O)N2CCN(CC(=O)N3CCCCC3)CC2)c1. The van der Waals surface area contributed by atoms with E-state index in [1.807, 2.05) is 11.8 Å². The fraction of sp³-hybridized carbons (Fsp3) is 0.636. The van der Waals surface area contributed by atoms with Crippen molar-refractivity contribution in [3.8, 4) is 0 Å². The minimum absolute atomic E-state index is 0.132. The first-order valence-electron chi connectivity index (χ1n) is 11.5. The lowest BCUT2D eigenvalue weighted by atomic mass is 10.1. The molecule has 0 saturated carbocycles. The lowest BCUT2D eigenvalue weighted by Gasteiger charge is -2.36. The molecule has 0 radical (unpaired) electrons. The van der Waals surface area contributed by atoms with Crippen molar-refractivity contribution >= 4 is 27.6 Å². The Morgan fingerprint density at radius 2 is 1.69 bits per heavy atom. The Balaban J connectivity index is 1.48. The number of carbonyl (C=O) groups is 2. The minimum Gasteiger partial charge on any atom is -0.342 e. The summed E-state index contributed by atoms with van der Waals surface area (Å²) in [4.78, 5) is 31.0. The van der Waals surface area contributed by atoms with Crippen LogP contribution in [0.15, 0.2) is 29.2 Å². The third kappa shape index (κ3) is 6.91. The van der Waals surface area contributed by atoms with Gasteiger partial charge in [0.05, 0.1) is 11.4 Å². The van der Waals surface area contributed by atoms with Crippen molar-refractivity contribution in [3.05, 3.63) is 24.3 Å². The quantitative estimate of drug-likeness (QED) is 0.571. The van der Waals surface area contributed by atoms with Crippen molar-refractivity contribution in [2.24, 2.45) is 0 Å². The number of benzene rings is 1. The lowest BCUT2D eigenvalue weighted by Crippen LogP contribution is -2.52. The summed E-state index contributed by atoms with van der Waals surface area (Å²) in [5.74, 6) is 0.174. The standard InChI is InChI=1S/C22H35N5O4S/c1-2-3-10-23-32(30,31)20-9-7-8-19(17-20)24-22(29)27-15-13-25(14-16-27)18-21(28)26-11-5-4-6-12-26/h7-9,17,23H,2-6,10-16,18H2,1H3,(H,24,29). The molecule has 2 aliphatic rings. The topological polar surface area (TPSA) is 102 Å². The lowest BCUT2D eigenvalue weighted by molar-refractivity contribution is -0.133. The molecule has 9 nitrogen and oxygen atoms in total. The van der Waals surface area contributed by atoms with Gasteiger partial charge in [-0.2, -0.15) is 0 Å². The maximum Gasteiger partial charge on any atom is 0.321 e. The van der Waals surface area contributed by atoms with Crippen LogP contribution in [-0.4, -0.2) is 87.4 Å². The average molecular weight is 466 g/mol. The maximum atomic E-state index is 12.7. The van der Waals surface area contributed by atoms with Gasteiger partial charge in [0.25, 0.3) is 0 Å². The van der Waals surface area contributed by atoms with Crippen LogP contribution in [0.1, 0.15) is 39.0 Å². The van der Waals surface area contributed by atoms with Gasteiger partial charge in [0.1, 0.15) is 0 Å². The Labute approximate surface area is 191 Å². The first-order valence-corrected chi connectivity index (χ1v) is 13.0. The fourth-order valence-corrected chi connectivity index (χ4v) is 5.07. The van der Waals surface area contributed by atoms with E-state index in [4.69, 9.17) is 0 Å². The monoisotopic (exact) mass is 465 g/mol. The number of rotatable bonds is 8. The molecule has 0 unspecified atom stereocenters. The third-order valence-electron chi connectivity index (χ3n) is 5.95. The molecule has 0 aliphatic carbocycles. The van der Waals surface area contributed by atoms with Gasteiger partial charge in [-0.05, 0) is 43.9 Å². The minimum atomic E-state index is -3.60. The highest BCUT2D eigenvalue weighted by molar-refractivity contribution is 7.89. The van der Waals surface area contributed by atoms with Crippen molar-refractivity contribution in [2.45, 2.75) is 43.9 Å². The number of unbranched alkanes of at least 4 members (excludes halogenated alkanes) is 1. The van der Waals surface area contributed by atoms with Crippen LogP contribution >= 0.6 is 0 Å². The molecule has 2 heterocycles. The molecular formula is C22H35N5O4S. The predicted octanol–water partition coefficient (Wildman–Crippen LogP) is 1.93. The number of piperidine rings is 1. The molecule has 2 aliphatic heterocycles. The second-order valence-electron chi connectivity index (χ2n) is 8.41. The molecule has 10 heteroatoms. The molecule has 2 saturated heterocycles. The Hall–Kier alpha value is -2.17. The normalized spacial score (nSPS) is 17.9. The molecule has 3 rings (SSSR count). The van der Waals surface area contributed by atoms with Gasteiger partial charge in [0.2, 0.25) is 15.9 Å². The van der Waals surface area contributed by atoms with Crippen LogP contribution in [0.3, 0.4) is 0 Å². The van der Waals surface area contributed by atoms with E-state index >= 15 is 0 Å². The van der Waals surface area contributed by atoms with Gasteiger partial charge in [-0.3, -0.25) is 9.69 Å². The number of carbonyl (C=O) groups excluding carboxylic acids is 2. The molecule has 0 spiro atoms. The number of nitrogens with zero attached hydrogens (tertiary/aromatic N) is 3. The second kappa shape index (κ2) is 11.6. The summed E-state index contributed by atoms with van der Waals surface area (Å²) < 4.78 is 27.4. The third-order valence-corrected chi connectivity index (χ3v) is 7.40. The molecule has 0 bridgehead atoms. The van der Waals surface area contributed by atoms with Crippen molar-refractivity contribution < 1.29 is 18.0 Å². The van der Waals surface area contributed by atoms with E-state index in [0.29, 0.717) is 45.0 Å². The molecule has 3 amide bonds. The first-order chi connectivity index (χ1) is 15.4. The molecule has 2 fully saturated rings. The number of anilines is 1. The Morgan fingerprint density at radius 3 is 2.38 bits per heavy atom. The van der Waals surface area contributed by atoms with Crippen molar-refractivity contribution in [1.29, 1.82) is 0 Å². The van der Waals surface area contributed by atoms with Crippen LogP contribution in [-0.2, 0) is 14.8 Å². The molecule has 178 valence electrons. The second-order valence-corrected chi connectivity index (χ2v) is 10.2. The summed E-state index contributed by atoms with van der Waals surface area (Å²) >= 11 is 0. The van der Waals surface area contributed by atoms with Crippen molar-refractivity contribution in [3.63, 3.8) is 0 Å². The van der Waals surface area contributed by atoms with Gasteiger partial charge >= 0.3 is 6.03 Å². The molecule has 0 aromatic heterocycles. The van der Waals surface area contributed by atoms with Gasteiger partial charge in [-0.25, -0.2) is 17.9 Å². The molecule has 32 heavy (non-hydrogen) atoms. The van der Waals surface area contributed by atoms with Crippen LogP contribution in [0.25, 0.3) is 0 Å².